The van der Waals surface area contributed by atoms with Crippen LogP contribution in [0.25, 0.3) is 5.76 Å². The molecule has 2 aromatic carbocycles. The minimum absolute atomic E-state index is 0.0325. The number of ketones is 1. The number of benzene rings is 2. The van der Waals surface area contributed by atoms with Gasteiger partial charge >= 0.3 is 0 Å². The lowest BCUT2D eigenvalue weighted by Crippen LogP contribution is -2.32. The van der Waals surface area contributed by atoms with Gasteiger partial charge in [0, 0.05) is 18.5 Å². The molecule has 2 atom stereocenters. The van der Waals surface area contributed by atoms with E-state index in [9.17, 15) is 19.8 Å². The first-order valence-electron chi connectivity index (χ1n) is 10.8. The number of carbonyl (C=O) groups excluding carboxylic acids is 2. The third-order valence-electron chi connectivity index (χ3n) is 5.90. The molecule has 32 heavy (non-hydrogen) atoms. The Kier molecular flexibility index (Phi) is 5.93. The van der Waals surface area contributed by atoms with Crippen LogP contribution in [0.2, 0.25) is 0 Å². The van der Waals surface area contributed by atoms with Crippen LogP contribution in [0.5, 0.6) is 11.5 Å². The van der Waals surface area contributed by atoms with E-state index in [-0.39, 0.29) is 23.2 Å². The average molecular weight is 437 g/mol. The molecule has 0 spiro atoms. The first-order chi connectivity index (χ1) is 15.3. The van der Waals surface area contributed by atoms with E-state index in [4.69, 9.17) is 4.74 Å². The van der Waals surface area contributed by atoms with Crippen LogP contribution < -0.4 is 4.74 Å². The van der Waals surface area contributed by atoms with Gasteiger partial charge in [0.05, 0.1) is 11.6 Å². The van der Waals surface area contributed by atoms with Crippen LogP contribution in [0.4, 0.5) is 0 Å². The zero-order valence-corrected chi connectivity index (χ0v) is 18.5. The summed E-state index contributed by atoms with van der Waals surface area (Å²) < 4.78 is 5.73. The molecule has 1 fully saturated rings. The molecule has 0 saturated carbocycles. The number of aliphatic hydroxyl groups excluding tert-OH is 1. The van der Waals surface area contributed by atoms with Gasteiger partial charge in [0.1, 0.15) is 23.4 Å². The number of phenolic OH excluding ortho intramolecular Hbond substituents is 1. The highest BCUT2D eigenvalue weighted by Gasteiger charge is 2.46. The fourth-order valence-corrected chi connectivity index (χ4v) is 4.43. The van der Waals surface area contributed by atoms with Crippen LogP contribution in [-0.4, -0.2) is 65.0 Å². The molecular weight excluding hydrogens is 408 g/mol. The smallest absolute Gasteiger partial charge is 0.295 e. The lowest BCUT2D eigenvalue weighted by molar-refractivity contribution is -0.139. The van der Waals surface area contributed by atoms with Gasteiger partial charge in [-0.2, -0.15) is 0 Å². The minimum Gasteiger partial charge on any atom is -0.508 e. The highest BCUT2D eigenvalue weighted by molar-refractivity contribution is 6.46. The summed E-state index contributed by atoms with van der Waals surface area (Å²) in [5.41, 5.74) is 2.04. The summed E-state index contributed by atoms with van der Waals surface area (Å²) in [4.78, 5) is 29.5. The molecule has 2 aliphatic rings. The van der Waals surface area contributed by atoms with E-state index in [1.807, 2.05) is 32.0 Å². The van der Waals surface area contributed by atoms with Gasteiger partial charge < -0.3 is 24.7 Å². The van der Waals surface area contributed by atoms with Crippen LogP contribution in [0.3, 0.4) is 0 Å². The monoisotopic (exact) mass is 436 g/mol. The largest absolute Gasteiger partial charge is 0.508 e. The summed E-state index contributed by atoms with van der Waals surface area (Å²) in [5.74, 6) is -0.774. The van der Waals surface area contributed by atoms with Crippen molar-refractivity contribution in [1.82, 2.24) is 9.80 Å². The van der Waals surface area contributed by atoms with E-state index < -0.39 is 17.7 Å². The van der Waals surface area contributed by atoms with E-state index in [1.165, 1.54) is 17.0 Å². The number of ether oxygens (including phenoxy) is 1. The maximum Gasteiger partial charge on any atom is 0.295 e. The van der Waals surface area contributed by atoms with E-state index >= 15 is 0 Å². The Labute approximate surface area is 187 Å². The summed E-state index contributed by atoms with van der Waals surface area (Å²) in [5, 5.41) is 21.2. The number of nitrogens with zero attached hydrogens (tertiary/aromatic N) is 2. The quantitative estimate of drug-likeness (QED) is 0.411. The summed E-state index contributed by atoms with van der Waals surface area (Å²) in [6.45, 7) is 3.08. The van der Waals surface area contributed by atoms with Gasteiger partial charge in [-0.15, -0.1) is 0 Å². The zero-order valence-electron chi connectivity index (χ0n) is 18.5. The van der Waals surface area contributed by atoms with Crippen molar-refractivity contribution in [2.45, 2.75) is 31.9 Å². The number of rotatable bonds is 6. The van der Waals surface area contributed by atoms with Crippen molar-refractivity contribution >= 4 is 17.4 Å². The predicted molar refractivity (Wildman–Crippen MR) is 121 cm³/mol. The Morgan fingerprint density at radius 3 is 2.69 bits per heavy atom. The summed E-state index contributed by atoms with van der Waals surface area (Å²) in [7, 11) is 3.89. The number of hydrogen-bond donors (Lipinski definition) is 2. The first kappa shape index (κ1) is 21.9. The maximum atomic E-state index is 13.1. The number of phenols is 1. The Bertz CT molecular complexity index is 1090. The maximum absolute atomic E-state index is 13.1. The van der Waals surface area contributed by atoms with Crippen molar-refractivity contribution in [1.29, 1.82) is 0 Å². The van der Waals surface area contributed by atoms with Crippen molar-refractivity contribution in [3.05, 3.63) is 64.7 Å². The molecule has 0 unspecified atom stereocenters. The Hall–Kier alpha value is -3.32. The van der Waals surface area contributed by atoms with Crippen LogP contribution in [0.15, 0.2) is 48.0 Å². The van der Waals surface area contributed by atoms with Crippen LogP contribution in [0, 0.1) is 0 Å². The number of Topliss-reactive ketones (excluding diaryl/α,β-unsaturated/α-hetero) is 1. The van der Waals surface area contributed by atoms with Gasteiger partial charge in [0.25, 0.3) is 11.7 Å². The number of aliphatic hydroxyl groups is 1. The number of aromatic hydroxyl groups is 1. The minimum atomic E-state index is -0.771. The van der Waals surface area contributed by atoms with Gasteiger partial charge in [-0.25, -0.2) is 0 Å². The molecule has 7 heteroatoms. The molecule has 1 saturated heterocycles. The SMILES string of the molecule is C[C@H]1Cc2cc(C(O)=C3C(=O)C(=O)N(CCCN(C)C)[C@@H]3c3cccc(O)c3)ccc2O1. The topological polar surface area (TPSA) is 90.3 Å². The van der Waals surface area contributed by atoms with Crippen molar-refractivity contribution in [3.63, 3.8) is 0 Å². The van der Waals surface area contributed by atoms with Gasteiger partial charge in [-0.1, -0.05) is 12.1 Å². The molecule has 4 rings (SSSR count). The van der Waals surface area contributed by atoms with E-state index in [0.717, 1.165) is 17.9 Å². The number of amides is 1. The highest BCUT2D eigenvalue weighted by atomic mass is 16.5. The molecule has 0 radical (unpaired) electrons. The number of carbonyl (C=O) groups is 2. The Balaban J connectivity index is 1.78. The van der Waals surface area contributed by atoms with Gasteiger partial charge in [-0.3, -0.25) is 9.59 Å². The fourth-order valence-electron chi connectivity index (χ4n) is 4.43. The lowest BCUT2D eigenvalue weighted by Gasteiger charge is -2.26. The second kappa shape index (κ2) is 8.67. The molecular formula is C25H28N2O5. The third kappa shape index (κ3) is 4.08. The molecule has 7 nitrogen and oxygen atoms in total. The van der Waals surface area contributed by atoms with Gasteiger partial charge in [-0.05, 0) is 75.4 Å². The second-order valence-electron chi connectivity index (χ2n) is 8.70. The normalized spacial score (nSPS) is 21.8. The third-order valence-corrected chi connectivity index (χ3v) is 5.90. The fraction of sp³-hybridized carbons (Fsp3) is 0.360. The number of likely N-dealkylation sites (tertiary alicyclic amines) is 1. The van der Waals surface area contributed by atoms with Crippen LogP contribution in [0.1, 0.15) is 36.1 Å². The molecule has 0 aliphatic carbocycles. The van der Waals surface area contributed by atoms with Crippen molar-refractivity contribution in [2.75, 3.05) is 27.2 Å². The standard InChI is InChI=1S/C25H28N2O5/c1-15-12-18-13-17(8-9-20(18)32-15)23(29)21-22(16-6-4-7-19(28)14-16)27(25(31)24(21)30)11-5-10-26(2)3/h4,6-9,13-15,22,28-29H,5,10-12H2,1-3H3/t15-,22+/m0/s1. The van der Waals surface area contributed by atoms with E-state index in [1.54, 1.807) is 24.3 Å². The molecule has 0 bridgehead atoms. The number of hydrogen-bond acceptors (Lipinski definition) is 6. The molecule has 2 N–H and O–H groups in total. The summed E-state index contributed by atoms with van der Waals surface area (Å²) >= 11 is 0. The Morgan fingerprint density at radius 1 is 1.19 bits per heavy atom. The molecule has 2 aromatic rings. The van der Waals surface area contributed by atoms with E-state index in [2.05, 4.69) is 0 Å². The summed E-state index contributed by atoms with van der Waals surface area (Å²) in [6, 6.07) is 11.0. The van der Waals surface area contributed by atoms with Crippen LogP contribution in [-0.2, 0) is 16.0 Å². The molecule has 2 heterocycles. The van der Waals surface area contributed by atoms with Crippen molar-refractivity contribution in [3.8, 4) is 11.5 Å². The Morgan fingerprint density at radius 2 is 1.97 bits per heavy atom. The average Bonchev–Trinajstić information content (AvgIpc) is 3.24. The zero-order chi connectivity index (χ0) is 23.0. The van der Waals surface area contributed by atoms with Crippen molar-refractivity contribution in [2.24, 2.45) is 0 Å². The van der Waals surface area contributed by atoms with Crippen molar-refractivity contribution < 1.29 is 24.5 Å². The molecule has 2 aliphatic heterocycles. The second-order valence-corrected chi connectivity index (χ2v) is 8.70. The van der Waals surface area contributed by atoms with E-state index in [0.29, 0.717) is 30.5 Å². The number of fused-ring (bicyclic) bond motifs is 1. The first-order valence-corrected chi connectivity index (χ1v) is 10.8. The van der Waals surface area contributed by atoms with Crippen LogP contribution >= 0.6 is 0 Å². The lowest BCUT2D eigenvalue weighted by atomic mass is 9.94. The van der Waals surface area contributed by atoms with Gasteiger partial charge in [0.2, 0.25) is 0 Å². The molecule has 1 amide bonds. The highest BCUT2D eigenvalue weighted by Crippen LogP contribution is 2.41. The molecule has 0 aromatic heterocycles. The summed E-state index contributed by atoms with van der Waals surface area (Å²) in [6.07, 6.45) is 1.44. The van der Waals surface area contributed by atoms with Gasteiger partial charge in [0.15, 0.2) is 0 Å². The predicted octanol–water partition coefficient (Wildman–Crippen LogP) is 3.09. The molecule has 168 valence electrons.